The molecule has 0 fully saturated rings. The van der Waals surface area contributed by atoms with Crippen molar-refractivity contribution in [1.29, 1.82) is 0 Å². The number of hydrogen-bond acceptors (Lipinski definition) is 5. The van der Waals surface area contributed by atoms with Crippen molar-refractivity contribution in [3.8, 4) is 5.75 Å². The van der Waals surface area contributed by atoms with E-state index >= 15 is 0 Å². The van der Waals surface area contributed by atoms with Gasteiger partial charge in [-0.3, -0.25) is 14.0 Å². The molecule has 2 aromatic carbocycles. The van der Waals surface area contributed by atoms with Gasteiger partial charge in [0.25, 0.3) is 5.91 Å². The summed E-state index contributed by atoms with van der Waals surface area (Å²) in [5.41, 5.74) is 2.86. The highest BCUT2D eigenvalue weighted by atomic mass is 19.1. The molecule has 2 aromatic heterocycles. The summed E-state index contributed by atoms with van der Waals surface area (Å²) in [6, 6.07) is 14.9. The van der Waals surface area contributed by atoms with E-state index in [1.807, 2.05) is 24.3 Å². The molecule has 2 N–H and O–H groups in total. The Hall–Kier alpha value is -4.04. The first-order valence-electron chi connectivity index (χ1n) is 10.9. The number of amides is 1. The first kappa shape index (κ1) is 21.8. The number of anilines is 1. The summed E-state index contributed by atoms with van der Waals surface area (Å²) in [5, 5.41) is 13.0. The Bertz CT molecular complexity index is 1410. The lowest BCUT2D eigenvalue weighted by molar-refractivity contribution is 0.0920. The summed E-state index contributed by atoms with van der Waals surface area (Å²) in [6.45, 7) is 0. The van der Waals surface area contributed by atoms with E-state index in [0.29, 0.717) is 17.8 Å². The number of carbonyl (C=O) groups excluding carboxylic acids is 2. The molecule has 0 spiro atoms. The fraction of sp³-hybridized carbons (Fsp3) is 0.192. The van der Waals surface area contributed by atoms with Crippen molar-refractivity contribution < 1.29 is 23.8 Å². The fourth-order valence-corrected chi connectivity index (χ4v) is 4.45. The molecule has 1 amide bonds. The van der Waals surface area contributed by atoms with Crippen LogP contribution in [0.25, 0.3) is 5.65 Å². The number of benzene rings is 2. The Morgan fingerprint density at radius 3 is 2.85 bits per heavy atom. The molecule has 0 aliphatic heterocycles. The number of halogens is 1. The number of pyridine rings is 1. The molecule has 7 nitrogen and oxygen atoms in total. The van der Waals surface area contributed by atoms with E-state index in [1.54, 1.807) is 22.7 Å². The van der Waals surface area contributed by atoms with E-state index in [-0.39, 0.29) is 35.1 Å². The molecular weight excluding hydrogens is 437 g/mol. The molecule has 2 heterocycles. The van der Waals surface area contributed by atoms with Gasteiger partial charge < -0.3 is 15.2 Å². The van der Waals surface area contributed by atoms with Crippen LogP contribution in [0.15, 0.2) is 67.0 Å². The lowest BCUT2D eigenvalue weighted by Gasteiger charge is -2.15. The van der Waals surface area contributed by atoms with Crippen LogP contribution in [0, 0.1) is 5.82 Å². The number of ether oxygens (including phenoxy) is 1. The van der Waals surface area contributed by atoms with Gasteiger partial charge in [-0.05, 0) is 47.9 Å². The summed E-state index contributed by atoms with van der Waals surface area (Å²) in [5.74, 6) is -1.27. The van der Waals surface area contributed by atoms with Crippen LogP contribution < -0.4 is 10.1 Å². The first-order valence-corrected chi connectivity index (χ1v) is 10.9. The van der Waals surface area contributed by atoms with Crippen molar-refractivity contribution in [2.75, 3.05) is 12.4 Å². The minimum absolute atomic E-state index is 0.0876. The second kappa shape index (κ2) is 8.72. The van der Waals surface area contributed by atoms with Crippen LogP contribution >= 0.6 is 0 Å². The largest absolute Gasteiger partial charge is 0.495 e. The van der Waals surface area contributed by atoms with Gasteiger partial charge in [0.2, 0.25) is 0 Å². The number of fused-ring (bicyclic) bond motifs is 2. The highest BCUT2D eigenvalue weighted by molar-refractivity contribution is 6.05. The molecule has 1 aliphatic carbocycles. The molecular formula is C26H22FN3O4. The SMILES string of the molecule is COc1ccc2ncc(C(=O)Nc3cc(C(=O)C[C@@H]4c5ccccc5C[C@@H]4O)ccc3F)n2c1. The minimum Gasteiger partial charge on any atom is -0.495 e. The molecule has 8 heteroatoms. The number of ketones is 1. The summed E-state index contributed by atoms with van der Waals surface area (Å²) in [4.78, 5) is 30.1. The summed E-state index contributed by atoms with van der Waals surface area (Å²) in [7, 11) is 1.51. The maximum Gasteiger partial charge on any atom is 0.274 e. The number of rotatable bonds is 6. The second-order valence-corrected chi connectivity index (χ2v) is 8.29. The number of methoxy groups -OCH3 is 1. The molecule has 0 saturated carbocycles. The third-order valence-electron chi connectivity index (χ3n) is 6.24. The third kappa shape index (κ3) is 3.92. The molecule has 0 saturated heterocycles. The first-order chi connectivity index (χ1) is 16.4. The lowest BCUT2D eigenvalue weighted by atomic mass is 9.91. The molecule has 0 bridgehead atoms. The van der Waals surface area contributed by atoms with E-state index < -0.39 is 17.8 Å². The monoisotopic (exact) mass is 459 g/mol. The summed E-state index contributed by atoms with van der Waals surface area (Å²) >= 11 is 0. The van der Waals surface area contributed by atoms with Crippen LogP contribution in [0.4, 0.5) is 10.1 Å². The van der Waals surface area contributed by atoms with Gasteiger partial charge in [-0.1, -0.05) is 24.3 Å². The van der Waals surface area contributed by atoms with Gasteiger partial charge in [-0.2, -0.15) is 0 Å². The van der Waals surface area contributed by atoms with Gasteiger partial charge in [-0.15, -0.1) is 0 Å². The van der Waals surface area contributed by atoms with E-state index in [4.69, 9.17) is 4.74 Å². The van der Waals surface area contributed by atoms with Crippen molar-refractivity contribution in [2.45, 2.75) is 24.9 Å². The Balaban J connectivity index is 1.37. The zero-order valence-corrected chi connectivity index (χ0v) is 18.4. The van der Waals surface area contributed by atoms with E-state index in [9.17, 15) is 19.1 Å². The highest BCUT2D eigenvalue weighted by Gasteiger charge is 2.32. The van der Waals surface area contributed by atoms with E-state index in [2.05, 4.69) is 10.3 Å². The number of imidazole rings is 1. The zero-order valence-electron chi connectivity index (χ0n) is 18.4. The molecule has 2 atom stereocenters. The number of aromatic nitrogens is 2. The van der Waals surface area contributed by atoms with Crippen LogP contribution in [0.3, 0.4) is 0 Å². The molecule has 0 radical (unpaired) electrons. The van der Waals surface area contributed by atoms with Gasteiger partial charge in [0.1, 0.15) is 22.9 Å². The van der Waals surface area contributed by atoms with Crippen molar-refractivity contribution >= 4 is 23.0 Å². The van der Waals surface area contributed by atoms with Gasteiger partial charge in [0.15, 0.2) is 5.78 Å². The highest BCUT2D eigenvalue weighted by Crippen LogP contribution is 2.36. The number of carbonyl (C=O) groups is 2. The Morgan fingerprint density at radius 1 is 1.21 bits per heavy atom. The molecule has 4 aromatic rings. The van der Waals surface area contributed by atoms with Gasteiger partial charge >= 0.3 is 0 Å². The van der Waals surface area contributed by atoms with E-state index in [1.165, 1.54) is 25.4 Å². The average molecular weight is 459 g/mol. The maximum atomic E-state index is 14.5. The van der Waals surface area contributed by atoms with Gasteiger partial charge in [0, 0.05) is 17.9 Å². The van der Waals surface area contributed by atoms with Crippen LogP contribution in [-0.4, -0.2) is 39.4 Å². The van der Waals surface area contributed by atoms with Crippen molar-refractivity contribution in [2.24, 2.45) is 0 Å². The zero-order chi connectivity index (χ0) is 23.8. The number of nitrogens with zero attached hydrogens (tertiary/aromatic N) is 2. The molecule has 0 unspecified atom stereocenters. The van der Waals surface area contributed by atoms with Gasteiger partial charge in [-0.25, -0.2) is 9.37 Å². The lowest BCUT2D eigenvalue weighted by Crippen LogP contribution is -2.18. The predicted molar refractivity (Wildman–Crippen MR) is 124 cm³/mol. The van der Waals surface area contributed by atoms with Crippen LogP contribution in [0.1, 0.15) is 44.3 Å². The normalized spacial score (nSPS) is 16.9. The van der Waals surface area contributed by atoms with E-state index in [0.717, 1.165) is 17.2 Å². The third-order valence-corrected chi connectivity index (χ3v) is 6.24. The fourth-order valence-electron chi connectivity index (χ4n) is 4.45. The number of aliphatic hydroxyl groups excluding tert-OH is 1. The standard InChI is InChI=1S/C26H22FN3O4/c1-34-17-7-9-25-28-13-22(30(25)14-17)26(33)29-21-10-16(6-8-20(21)27)23(31)12-19-18-5-3-2-4-15(18)11-24(19)32/h2-10,13-14,19,24,32H,11-12H2,1H3,(H,29,33)/t19-,24+/m1/s1. The van der Waals surface area contributed by atoms with Crippen LogP contribution in [0.2, 0.25) is 0 Å². The number of hydrogen-bond donors (Lipinski definition) is 2. The second-order valence-electron chi connectivity index (χ2n) is 8.29. The summed E-state index contributed by atoms with van der Waals surface area (Å²) in [6.07, 6.45) is 2.94. The van der Waals surface area contributed by atoms with Crippen molar-refractivity contribution in [1.82, 2.24) is 9.38 Å². The molecule has 5 rings (SSSR count). The van der Waals surface area contributed by atoms with Gasteiger partial charge in [0.05, 0.1) is 31.3 Å². The Morgan fingerprint density at radius 2 is 2.03 bits per heavy atom. The molecule has 172 valence electrons. The number of Topliss-reactive ketones (excluding diaryl/α,β-unsaturated/α-hetero) is 1. The van der Waals surface area contributed by atoms with Crippen molar-refractivity contribution in [3.05, 3.63) is 95.2 Å². The topological polar surface area (TPSA) is 92.9 Å². The maximum absolute atomic E-state index is 14.5. The van der Waals surface area contributed by atoms with Crippen LogP contribution in [0.5, 0.6) is 5.75 Å². The minimum atomic E-state index is -0.664. The predicted octanol–water partition coefficient (Wildman–Crippen LogP) is 4.01. The quantitative estimate of drug-likeness (QED) is 0.425. The van der Waals surface area contributed by atoms with Crippen LogP contribution in [-0.2, 0) is 6.42 Å². The van der Waals surface area contributed by atoms with Crippen molar-refractivity contribution in [3.63, 3.8) is 0 Å². The Labute approximate surface area is 194 Å². The average Bonchev–Trinajstić information content (AvgIpc) is 3.40. The number of aliphatic hydroxyl groups is 1. The molecule has 34 heavy (non-hydrogen) atoms. The Kier molecular flexibility index (Phi) is 5.59. The smallest absolute Gasteiger partial charge is 0.274 e. The molecule has 1 aliphatic rings. The number of nitrogens with one attached hydrogen (secondary N) is 1. The summed E-state index contributed by atoms with van der Waals surface area (Å²) < 4.78 is 21.3.